The van der Waals surface area contributed by atoms with Gasteiger partial charge in [0.1, 0.15) is 0 Å². The molecule has 0 atom stereocenters. The van der Waals surface area contributed by atoms with Crippen LogP contribution < -0.4 is 5.32 Å². The molecule has 0 aliphatic rings. The molecule has 0 heterocycles. The zero-order valence-electron chi connectivity index (χ0n) is 11.7. The third-order valence-electron chi connectivity index (χ3n) is 2.38. The molecule has 0 radical (unpaired) electrons. The van der Waals surface area contributed by atoms with Crippen LogP contribution in [0.15, 0.2) is 0 Å². The number of hydrogen-bond donors (Lipinski definition) is 1. The molecule has 0 spiro atoms. The molecule has 16 heavy (non-hydrogen) atoms. The van der Waals surface area contributed by atoms with Gasteiger partial charge in [-0.1, -0.05) is 27.7 Å². The number of amides is 1. The van der Waals surface area contributed by atoms with Crippen LogP contribution in [0.4, 0.5) is 0 Å². The molecule has 0 bridgehead atoms. The Morgan fingerprint density at radius 3 is 2.00 bits per heavy atom. The fourth-order valence-electron chi connectivity index (χ4n) is 1.49. The molecule has 3 heteroatoms. The highest BCUT2D eigenvalue weighted by molar-refractivity contribution is 5.78. The highest BCUT2D eigenvalue weighted by Gasteiger charge is 2.14. The maximum absolute atomic E-state index is 11.7. The standard InChI is InChI=1S/C13H28N2O/c1-10(2)7-14-13(16)9-15(12(5)6)8-11(3)4/h10-12H,7-9H2,1-6H3,(H,14,16). The molecule has 96 valence electrons. The van der Waals surface area contributed by atoms with Crippen molar-refractivity contribution in [2.45, 2.75) is 47.6 Å². The second kappa shape index (κ2) is 7.66. The van der Waals surface area contributed by atoms with Gasteiger partial charge >= 0.3 is 0 Å². The topological polar surface area (TPSA) is 32.3 Å². The summed E-state index contributed by atoms with van der Waals surface area (Å²) in [5.41, 5.74) is 0. The van der Waals surface area contributed by atoms with E-state index in [4.69, 9.17) is 0 Å². The summed E-state index contributed by atoms with van der Waals surface area (Å²) in [5, 5.41) is 2.96. The quantitative estimate of drug-likeness (QED) is 0.724. The maximum atomic E-state index is 11.7. The van der Waals surface area contributed by atoms with Crippen molar-refractivity contribution in [1.29, 1.82) is 0 Å². The lowest BCUT2D eigenvalue weighted by molar-refractivity contribution is -0.122. The normalized spacial score (nSPS) is 11.9. The van der Waals surface area contributed by atoms with Crippen LogP contribution in [0.3, 0.4) is 0 Å². The molecule has 0 aromatic rings. The molecular weight excluding hydrogens is 200 g/mol. The summed E-state index contributed by atoms with van der Waals surface area (Å²) in [6.45, 7) is 15.1. The second-order valence-corrected chi connectivity index (χ2v) is 5.61. The van der Waals surface area contributed by atoms with Crippen LogP contribution in [0.25, 0.3) is 0 Å². The molecular formula is C13H28N2O. The van der Waals surface area contributed by atoms with E-state index in [9.17, 15) is 4.79 Å². The van der Waals surface area contributed by atoms with Crippen molar-refractivity contribution in [3.05, 3.63) is 0 Å². The molecule has 0 aromatic carbocycles. The first kappa shape index (κ1) is 15.4. The average molecular weight is 228 g/mol. The van der Waals surface area contributed by atoms with Crippen LogP contribution in [0.1, 0.15) is 41.5 Å². The third-order valence-corrected chi connectivity index (χ3v) is 2.38. The van der Waals surface area contributed by atoms with Gasteiger partial charge in [0, 0.05) is 19.1 Å². The smallest absolute Gasteiger partial charge is 0.234 e. The van der Waals surface area contributed by atoms with Gasteiger partial charge in [-0.05, 0) is 25.7 Å². The zero-order valence-corrected chi connectivity index (χ0v) is 11.7. The van der Waals surface area contributed by atoms with E-state index in [0.717, 1.165) is 13.1 Å². The summed E-state index contributed by atoms with van der Waals surface area (Å²) in [7, 11) is 0. The number of hydrogen-bond acceptors (Lipinski definition) is 2. The van der Waals surface area contributed by atoms with E-state index in [2.05, 4.69) is 51.8 Å². The van der Waals surface area contributed by atoms with Gasteiger partial charge in [-0.2, -0.15) is 0 Å². The lowest BCUT2D eigenvalue weighted by Crippen LogP contribution is -2.43. The lowest BCUT2D eigenvalue weighted by Gasteiger charge is -2.27. The Labute approximate surface area is 101 Å². The predicted octanol–water partition coefficient (Wildman–Crippen LogP) is 2.12. The Balaban J connectivity index is 4.03. The minimum absolute atomic E-state index is 0.142. The largest absolute Gasteiger partial charge is 0.355 e. The molecule has 0 saturated heterocycles. The van der Waals surface area contributed by atoms with Gasteiger partial charge < -0.3 is 5.32 Å². The summed E-state index contributed by atoms with van der Waals surface area (Å²) in [6.07, 6.45) is 0. The average Bonchev–Trinajstić information content (AvgIpc) is 2.12. The second-order valence-electron chi connectivity index (χ2n) is 5.61. The molecule has 1 amide bonds. The van der Waals surface area contributed by atoms with Crippen molar-refractivity contribution in [2.75, 3.05) is 19.6 Å². The van der Waals surface area contributed by atoms with Crippen molar-refractivity contribution in [3.8, 4) is 0 Å². The van der Waals surface area contributed by atoms with Crippen LogP contribution in [0, 0.1) is 11.8 Å². The predicted molar refractivity (Wildman–Crippen MR) is 69.4 cm³/mol. The zero-order chi connectivity index (χ0) is 12.7. The first-order valence-corrected chi connectivity index (χ1v) is 6.33. The van der Waals surface area contributed by atoms with Gasteiger partial charge in [0.2, 0.25) is 5.91 Å². The minimum Gasteiger partial charge on any atom is -0.355 e. The van der Waals surface area contributed by atoms with Crippen molar-refractivity contribution < 1.29 is 4.79 Å². The molecule has 3 nitrogen and oxygen atoms in total. The van der Waals surface area contributed by atoms with Crippen LogP contribution in [0.5, 0.6) is 0 Å². The number of rotatable bonds is 7. The van der Waals surface area contributed by atoms with E-state index < -0.39 is 0 Å². The Bertz CT molecular complexity index is 200. The van der Waals surface area contributed by atoms with Gasteiger partial charge in [-0.15, -0.1) is 0 Å². The molecule has 0 aliphatic carbocycles. The number of carbonyl (C=O) groups excluding carboxylic acids is 1. The van der Waals surface area contributed by atoms with Gasteiger partial charge in [-0.3, -0.25) is 9.69 Å². The Kier molecular flexibility index (Phi) is 7.39. The van der Waals surface area contributed by atoms with E-state index in [1.807, 2.05) is 0 Å². The molecule has 1 N–H and O–H groups in total. The Hall–Kier alpha value is -0.570. The molecule has 0 rings (SSSR count). The van der Waals surface area contributed by atoms with Crippen LogP contribution in [-0.2, 0) is 4.79 Å². The number of carbonyl (C=O) groups is 1. The first-order valence-electron chi connectivity index (χ1n) is 6.33. The lowest BCUT2D eigenvalue weighted by atomic mass is 10.1. The van der Waals surface area contributed by atoms with Gasteiger partial charge in [-0.25, -0.2) is 0 Å². The van der Waals surface area contributed by atoms with Crippen LogP contribution >= 0.6 is 0 Å². The maximum Gasteiger partial charge on any atom is 0.234 e. The SMILES string of the molecule is CC(C)CNC(=O)CN(CC(C)C)C(C)C. The summed E-state index contributed by atoms with van der Waals surface area (Å²) < 4.78 is 0. The summed E-state index contributed by atoms with van der Waals surface area (Å²) in [6, 6.07) is 0.423. The highest BCUT2D eigenvalue weighted by atomic mass is 16.2. The van der Waals surface area contributed by atoms with E-state index in [-0.39, 0.29) is 5.91 Å². The molecule has 0 aliphatic heterocycles. The molecule has 0 fully saturated rings. The van der Waals surface area contributed by atoms with Crippen molar-refractivity contribution in [1.82, 2.24) is 10.2 Å². The minimum atomic E-state index is 0.142. The van der Waals surface area contributed by atoms with E-state index >= 15 is 0 Å². The van der Waals surface area contributed by atoms with E-state index in [1.165, 1.54) is 0 Å². The fourth-order valence-corrected chi connectivity index (χ4v) is 1.49. The monoisotopic (exact) mass is 228 g/mol. The van der Waals surface area contributed by atoms with Crippen LogP contribution in [-0.4, -0.2) is 36.5 Å². The third kappa shape index (κ3) is 7.69. The van der Waals surface area contributed by atoms with Gasteiger partial charge in [0.15, 0.2) is 0 Å². The Morgan fingerprint density at radius 2 is 1.62 bits per heavy atom. The van der Waals surface area contributed by atoms with E-state index in [1.54, 1.807) is 0 Å². The van der Waals surface area contributed by atoms with Gasteiger partial charge in [0.05, 0.1) is 6.54 Å². The number of nitrogens with one attached hydrogen (secondary N) is 1. The molecule has 0 unspecified atom stereocenters. The molecule has 0 saturated carbocycles. The Morgan fingerprint density at radius 1 is 1.06 bits per heavy atom. The van der Waals surface area contributed by atoms with Crippen molar-refractivity contribution in [3.63, 3.8) is 0 Å². The summed E-state index contributed by atoms with van der Waals surface area (Å²) in [5.74, 6) is 1.25. The van der Waals surface area contributed by atoms with Crippen molar-refractivity contribution >= 4 is 5.91 Å². The summed E-state index contributed by atoms with van der Waals surface area (Å²) >= 11 is 0. The number of nitrogens with zero attached hydrogens (tertiary/aromatic N) is 1. The van der Waals surface area contributed by atoms with Gasteiger partial charge in [0.25, 0.3) is 0 Å². The first-order chi connectivity index (χ1) is 7.32. The van der Waals surface area contributed by atoms with Crippen molar-refractivity contribution in [2.24, 2.45) is 11.8 Å². The van der Waals surface area contributed by atoms with E-state index in [0.29, 0.717) is 24.4 Å². The fraction of sp³-hybridized carbons (Fsp3) is 0.923. The highest BCUT2D eigenvalue weighted by Crippen LogP contribution is 2.03. The van der Waals surface area contributed by atoms with Crippen LogP contribution in [0.2, 0.25) is 0 Å². The summed E-state index contributed by atoms with van der Waals surface area (Å²) in [4.78, 5) is 13.9. The molecule has 0 aromatic heterocycles.